The Labute approximate surface area is 130 Å². The summed E-state index contributed by atoms with van der Waals surface area (Å²) in [6.45, 7) is 0.689. The molecule has 0 saturated heterocycles. The molecule has 0 heterocycles. The van der Waals surface area contributed by atoms with E-state index in [1.165, 1.54) is 5.56 Å². The van der Waals surface area contributed by atoms with Crippen LogP contribution in [0.4, 0.5) is 0 Å². The lowest BCUT2D eigenvalue weighted by Crippen LogP contribution is -2.21. The summed E-state index contributed by atoms with van der Waals surface area (Å²) < 4.78 is 6.10. The number of hydrogen-bond donors (Lipinski definition) is 1. The van der Waals surface area contributed by atoms with Gasteiger partial charge in [-0.15, -0.1) is 0 Å². The summed E-state index contributed by atoms with van der Waals surface area (Å²) in [5.41, 5.74) is 8.16. The van der Waals surface area contributed by atoms with Crippen molar-refractivity contribution in [3.8, 4) is 16.9 Å². The minimum Gasteiger partial charge on any atom is -0.492 e. The van der Waals surface area contributed by atoms with Gasteiger partial charge in [0.15, 0.2) is 0 Å². The molecule has 3 heteroatoms. The average Bonchev–Trinajstić information content (AvgIpc) is 3.25. The van der Waals surface area contributed by atoms with Crippen LogP contribution in [0.5, 0.6) is 5.75 Å². The first-order valence-corrected chi connectivity index (χ1v) is 7.65. The molecule has 0 radical (unpaired) electrons. The minimum absolute atomic E-state index is 0.176. The molecule has 1 aliphatic rings. The molecule has 2 N–H and O–H groups in total. The maximum Gasteiger partial charge on any atom is 0.127 e. The topological polar surface area (TPSA) is 35.2 Å². The first-order valence-electron chi connectivity index (χ1n) is 7.24. The Morgan fingerprint density at radius 2 is 1.71 bits per heavy atom. The van der Waals surface area contributed by atoms with Crippen molar-refractivity contribution in [2.75, 3.05) is 6.61 Å². The fourth-order valence-corrected chi connectivity index (χ4v) is 2.90. The molecule has 2 aromatic carbocycles. The van der Waals surface area contributed by atoms with Crippen molar-refractivity contribution in [2.24, 2.45) is 11.1 Å². The lowest BCUT2D eigenvalue weighted by Gasteiger charge is -2.17. The number of ether oxygens (including phenoxy) is 1. The van der Waals surface area contributed by atoms with Gasteiger partial charge in [-0.05, 0) is 24.5 Å². The number of hydrogen-bond acceptors (Lipinski definition) is 2. The van der Waals surface area contributed by atoms with Crippen LogP contribution in [0.3, 0.4) is 0 Å². The van der Waals surface area contributed by atoms with Crippen molar-refractivity contribution < 1.29 is 4.74 Å². The highest BCUT2D eigenvalue weighted by atomic mass is 32.1. The lowest BCUT2D eigenvalue weighted by atomic mass is 10.0. The third-order valence-corrected chi connectivity index (χ3v) is 4.16. The molecule has 0 bridgehead atoms. The van der Waals surface area contributed by atoms with Crippen molar-refractivity contribution in [3.63, 3.8) is 0 Å². The van der Waals surface area contributed by atoms with Gasteiger partial charge in [-0.25, -0.2) is 0 Å². The van der Waals surface area contributed by atoms with E-state index >= 15 is 0 Å². The Hall–Kier alpha value is -1.87. The molecule has 0 aliphatic heterocycles. The molecule has 0 unspecified atom stereocenters. The Morgan fingerprint density at radius 3 is 2.38 bits per heavy atom. The normalized spacial score (nSPS) is 15.4. The van der Waals surface area contributed by atoms with Crippen LogP contribution in [0.25, 0.3) is 11.1 Å². The highest BCUT2D eigenvalue weighted by molar-refractivity contribution is 7.80. The molecular weight excluding hydrogens is 278 g/mol. The van der Waals surface area contributed by atoms with Crippen molar-refractivity contribution in [1.29, 1.82) is 0 Å². The zero-order valence-corrected chi connectivity index (χ0v) is 12.7. The fourth-order valence-electron chi connectivity index (χ4n) is 2.60. The molecule has 0 atom stereocenters. The van der Waals surface area contributed by atoms with E-state index < -0.39 is 0 Å². The van der Waals surface area contributed by atoms with E-state index in [9.17, 15) is 0 Å². The van der Waals surface area contributed by atoms with E-state index in [4.69, 9.17) is 22.7 Å². The van der Waals surface area contributed by atoms with Crippen LogP contribution in [0.1, 0.15) is 19.3 Å². The van der Waals surface area contributed by atoms with E-state index in [0.29, 0.717) is 11.6 Å². The third kappa shape index (κ3) is 3.42. The molecule has 1 fully saturated rings. The van der Waals surface area contributed by atoms with Crippen molar-refractivity contribution >= 4 is 17.2 Å². The van der Waals surface area contributed by atoms with Crippen LogP contribution in [0.2, 0.25) is 0 Å². The smallest absolute Gasteiger partial charge is 0.127 e. The Kier molecular flexibility index (Phi) is 3.93. The number of thiocarbonyl (C=S) groups is 1. The van der Waals surface area contributed by atoms with Crippen LogP contribution < -0.4 is 10.5 Å². The zero-order chi connectivity index (χ0) is 14.7. The van der Waals surface area contributed by atoms with Crippen LogP contribution in [0, 0.1) is 5.41 Å². The summed E-state index contributed by atoms with van der Waals surface area (Å²) in [4.78, 5) is 0.590. The van der Waals surface area contributed by atoms with Crippen LogP contribution in [-0.2, 0) is 0 Å². The zero-order valence-electron chi connectivity index (χ0n) is 11.9. The Balaban J connectivity index is 1.76. The van der Waals surface area contributed by atoms with Gasteiger partial charge in [0, 0.05) is 17.4 Å². The molecular formula is C18H19NOS. The molecule has 0 amide bonds. The lowest BCUT2D eigenvalue weighted by molar-refractivity contribution is 0.240. The van der Waals surface area contributed by atoms with Crippen LogP contribution >= 0.6 is 12.2 Å². The Bertz CT molecular complexity index is 635. The standard InChI is InChI=1S/C18H19NOS/c19-17(21)12-18(10-11-18)13-20-16-9-5-4-8-15(16)14-6-2-1-3-7-14/h1-9H,10-13H2,(H2,19,21). The SMILES string of the molecule is NC(=S)CC1(COc2ccccc2-c2ccccc2)CC1. The first-order chi connectivity index (χ1) is 10.2. The highest BCUT2D eigenvalue weighted by Crippen LogP contribution is 2.49. The molecule has 2 nitrogen and oxygen atoms in total. The van der Waals surface area contributed by atoms with Crippen molar-refractivity contribution in [3.05, 3.63) is 54.6 Å². The predicted molar refractivity (Wildman–Crippen MR) is 90.4 cm³/mol. The summed E-state index contributed by atoms with van der Waals surface area (Å²) in [6, 6.07) is 18.5. The predicted octanol–water partition coefficient (Wildman–Crippen LogP) is 4.19. The molecule has 2 aromatic rings. The molecule has 21 heavy (non-hydrogen) atoms. The molecule has 1 saturated carbocycles. The van der Waals surface area contributed by atoms with Crippen molar-refractivity contribution in [2.45, 2.75) is 19.3 Å². The molecule has 3 rings (SSSR count). The van der Waals surface area contributed by atoms with E-state index in [2.05, 4.69) is 18.2 Å². The summed E-state index contributed by atoms with van der Waals surface area (Å²) in [5, 5.41) is 0. The minimum atomic E-state index is 0.176. The van der Waals surface area contributed by atoms with Crippen molar-refractivity contribution in [1.82, 2.24) is 0 Å². The summed E-state index contributed by atoms with van der Waals surface area (Å²) in [5.74, 6) is 0.929. The largest absolute Gasteiger partial charge is 0.492 e. The maximum atomic E-state index is 6.10. The Morgan fingerprint density at radius 1 is 1.05 bits per heavy atom. The molecule has 108 valence electrons. The van der Waals surface area contributed by atoms with Gasteiger partial charge in [-0.1, -0.05) is 60.7 Å². The van der Waals surface area contributed by atoms with Gasteiger partial charge in [0.05, 0.1) is 11.6 Å². The van der Waals surface area contributed by atoms with Crippen LogP contribution in [-0.4, -0.2) is 11.6 Å². The summed E-state index contributed by atoms with van der Waals surface area (Å²) in [6.07, 6.45) is 3.09. The number of para-hydroxylation sites is 1. The fraction of sp³-hybridized carbons (Fsp3) is 0.278. The van der Waals surface area contributed by atoms with Gasteiger partial charge in [-0.3, -0.25) is 0 Å². The van der Waals surface area contributed by atoms with Gasteiger partial charge in [-0.2, -0.15) is 0 Å². The first kappa shape index (κ1) is 14.1. The van der Waals surface area contributed by atoms with E-state index in [1.807, 2.05) is 36.4 Å². The van der Waals surface area contributed by atoms with Crippen LogP contribution in [0.15, 0.2) is 54.6 Å². The quantitative estimate of drug-likeness (QED) is 0.812. The van der Waals surface area contributed by atoms with E-state index in [1.54, 1.807) is 0 Å². The number of benzene rings is 2. The summed E-state index contributed by atoms with van der Waals surface area (Å²) >= 11 is 5.04. The average molecular weight is 297 g/mol. The van der Waals surface area contributed by atoms with E-state index in [-0.39, 0.29) is 5.41 Å². The number of rotatable bonds is 6. The number of nitrogens with two attached hydrogens (primary N) is 1. The van der Waals surface area contributed by atoms with E-state index in [0.717, 1.165) is 30.6 Å². The van der Waals surface area contributed by atoms with Gasteiger partial charge in [0.25, 0.3) is 0 Å². The van der Waals surface area contributed by atoms with Gasteiger partial charge in [0.2, 0.25) is 0 Å². The van der Waals surface area contributed by atoms with Gasteiger partial charge in [0.1, 0.15) is 5.75 Å². The summed E-state index contributed by atoms with van der Waals surface area (Å²) in [7, 11) is 0. The maximum absolute atomic E-state index is 6.10. The van der Waals surface area contributed by atoms with Gasteiger partial charge >= 0.3 is 0 Å². The second-order valence-electron chi connectivity index (χ2n) is 5.79. The monoisotopic (exact) mass is 297 g/mol. The second-order valence-corrected chi connectivity index (χ2v) is 6.32. The highest BCUT2D eigenvalue weighted by Gasteiger charge is 2.43. The third-order valence-electron chi connectivity index (χ3n) is 4.01. The molecule has 0 aromatic heterocycles. The molecule has 1 aliphatic carbocycles. The molecule has 0 spiro atoms. The van der Waals surface area contributed by atoms with Gasteiger partial charge < -0.3 is 10.5 Å². The second kappa shape index (κ2) is 5.86.